The number of oxazole rings is 1. The number of para-hydroxylation sites is 1. The molecule has 15 heavy (non-hydrogen) atoms. The number of rotatable bonds is 3. The molecule has 0 unspecified atom stereocenters. The maximum Gasteiger partial charge on any atom is 0.314 e. The third-order valence-electron chi connectivity index (χ3n) is 1.92. The number of nitrogens with zero attached hydrogens (tertiary/aromatic N) is 1. The van der Waals surface area contributed by atoms with Gasteiger partial charge in [-0.05, 0) is 18.6 Å². The van der Waals surface area contributed by atoms with Crippen molar-refractivity contribution in [1.29, 1.82) is 0 Å². The zero-order valence-electron chi connectivity index (χ0n) is 8.06. The van der Waals surface area contributed by atoms with Crippen molar-refractivity contribution in [2.75, 3.05) is 5.75 Å². The molecule has 0 spiro atoms. The quantitative estimate of drug-likeness (QED) is 0.809. The normalized spacial score (nSPS) is 10.7. The van der Waals surface area contributed by atoms with Crippen molar-refractivity contribution in [2.45, 2.75) is 12.1 Å². The number of hydrogen-bond donors (Lipinski definition) is 1. The van der Waals surface area contributed by atoms with Crippen LogP contribution in [0.5, 0.6) is 0 Å². The summed E-state index contributed by atoms with van der Waals surface area (Å²) < 4.78 is 5.39. The van der Waals surface area contributed by atoms with Crippen LogP contribution >= 0.6 is 11.8 Å². The molecule has 78 valence electrons. The summed E-state index contributed by atoms with van der Waals surface area (Å²) >= 11 is 1.09. The lowest BCUT2D eigenvalue weighted by molar-refractivity contribution is -0.133. The second kappa shape index (κ2) is 3.94. The minimum absolute atomic E-state index is 0.0358. The lowest BCUT2D eigenvalue weighted by Gasteiger charge is -1.88. The van der Waals surface area contributed by atoms with Crippen molar-refractivity contribution in [3.8, 4) is 0 Å². The molecule has 0 aliphatic rings. The Morgan fingerprint density at radius 1 is 1.60 bits per heavy atom. The Bertz CT molecular complexity index is 506. The molecule has 4 nitrogen and oxygen atoms in total. The number of aryl methyl sites for hydroxylation is 1. The number of hydrogen-bond acceptors (Lipinski definition) is 4. The van der Waals surface area contributed by atoms with Crippen LogP contribution in [0.15, 0.2) is 27.8 Å². The van der Waals surface area contributed by atoms with Crippen molar-refractivity contribution in [3.63, 3.8) is 0 Å². The van der Waals surface area contributed by atoms with E-state index in [9.17, 15) is 4.79 Å². The Balaban J connectivity index is 2.31. The van der Waals surface area contributed by atoms with E-state index in [4.69, 9.17) is 9.52 Å². The molecule has 0 saturated heterocycles. The van der Waals surface area contributed by atoms with Gasteiger partial charge in [0.2, 0.25) is 0 Å². The average molecular weight is 223 g/mol. The molecule has 2 aromatic rings. The number of thioether (sulfide) groups is 1. The van der Waals surface area contributed by atoms with Gasteiger partial charge in [-0.1, -0.05) is 23.9 Å². The van der Waals surface area contributed by atoms with Gasteiger partial charge in [-0.3, -0.25) is 4.79 Å². The van der Waals surface area contributed by atoms with Gasteiger partial charge in [0.25, 0.3) is 5.22 Å². The van der Waals surface area contributed by atoms with Gasteiger partial charge >= 0.3 is 5.97 Å². The first-order valence-corrected chi connectivity index (χ1v) is 5.36. The lowest BCUT2D eigenvalue weighted by atomic mass is 10.2. The van der Waals surface area contributed by atoms with E-state index < -0.39 is 5.97 Å². The summed E-state index contributed by atoms with van der Waals surface area (Å²) in [6, 6.07) is 5.64. The van der Waals surface area contributed by atoms with Crippen LogP contribution in [0, 0.1) is 6.92 Å². The second-order valence-electron chi connectivity index (χ2n) is 3.08. The Hall–Kier alpha value is -1.49. The van der Waals surface area contributed by atoms with Gasteiger partial charge in [-0.2, -0.15) is 0 Å². The summed E-state index contributed by atoms with van der Waals surface area (Å²) in [5.41, 5.74) is 2.52. The molecule has 5 heteroatoms. The number of carboxylic acid groups (broad SMARTS) is 1. The van der Waals surface area contributed by atoms with Gasteiger partial charge in [0, 0.05) is 0 Å². The van der Waals surface area contributed by atoms with Crippen LogP contribution in [-0.4, -0.2) is 21.8 Å². The fraction of sp³-hybridized carbons (Fsp3) is 0.200. The highest BCUT2D eigenvalue weighted by Gasteiger charge is 2.09. The summed E-state index contributed by atoms with van der Waals surface area (Å²) in [6.07, 6.45) is 0. The number of aliphatic carboxylic acids is 1. The fourth-order valence-electron chi connectivity index (χ4n) is 1.25. The molecule has 0 radical (unpaired) electrons. The second-order valence-corrected chi connectivity index (χ2v) is 4.01. The predicted octanol–water partition coefficient (Wildman–Crippen LogP) is 2.31. The van der Waals surface area contributed by atoms with E-state index in [1.807, 2.05) is 25.1 Å². The van der Waals surface area contributed by atoms with E-state index in [1.165, 1.54) is 0 Å². The summed E-state index contributed by atoms with van der Waals surface area (Å²) in [5, 5.41) is 8.92. The van der Waals surface area contributed by atoms with E-state index in [0.29, 0.717) is 10.8 Å². The highest BCUT2D eigenvalue weighted by Crippen LogP contribution is 2.24. The zero-order valence-corrected chi connectivity index (χ0v) is 8.87. The predicted molar refractivity (Wildman–Crippen MR) is 57.1 cm³/mol. The minimum atomic E-state index is -0.876. The maximum atomic E-state index is 10.4. The van der Waals surface area contributed by atoms with Crippen molar-refractivity contribution in [1.82, 2.24) is 4.98 Å². The van der Waals surface area contributed by atoms with Crippen molar-refractivity contribution < 1.29 is 14.3 Å². The molecule has 0 aliphatic carbocycles. The van der Waals surface area contributed by atoms with E-state index in [2.05, 4.69) is 4.98 Å². The topological polar surface area (TPSA) is 63.3 Å². The molecule has 1 heterocycles. The minimum Gasteiger partial charge on any atom is -0.481 e. The first-order valence-electron chi connectivity index (χ1n) is 4.37. The largest absolute Gasteiger partial charge is 0.481 e. The molecule has 0 saturated carbocycles. The summed E-state index contributed by atoms with van der Waals surface area (Å²) in [5.74, 6) is -0.912. The van der Waals surface area contributed by atoms with Crippen LogP contribution in [0.3, 0.4) is 0 Å². The van der Waals surface area contributed by atoms with Gasteiger partial charge < -0.3 is 9.52 Å². The standard InChI is InChI=1S/C10H9NO3S/c1-6-3-2-4-7-9(6)11-10(14-7)15-5-8(12)13/h2-4H,5H2,1H3,(H,12,13). The van der Waals surface area contributed by atoms with Crippen molar-refractivity contribution >= 4 is 28.8 Å². The number of aromatic nitrogens is 1. The Labute approximate surface area is 90.3 Å². The first-order chi connectivity index (χ1) is 7.16. The zero-order chi connectivity index (χ0) is 10.8. The molecule has 0 fully saturated rings. The van der Waals surface area contributed by atoms with Gasteiger partial charge in [0.05, 0.1) is 0 Å². The number of fused-ring (bicyclic) bond motifs is 1. The Morgan fingerprint density at radius 3 is 3.07 bits per heavy atom. The van der Waals surface area contributed by atoms with Crippen molar-refractivity contribution in [2.24, 2.45) is 0 Å². The molecule has 0 aliphatic heterocycles. The molecule has 2 rings (SSSR count). The molecule has 1 aromatic heterocycles. The van der Waals surface area contributed by atoms with Crippen LogP contribution in [-0.2, 0) is 4.79 Å². The molecule has 1 aromatic carbocycles. The van der Waals surface area contributed by atoms with Crippen molar-refractivity contribution in [3.05, 3.63) is 23.8 Å². The highest BCUT2D eigenvalue weighted by atomic mass is 32.2. The van der Waals surface area contributed by atoms with Crippen LogP contribution in [0.25, 0.3) is 11.1 Å². The van der Waals surface area contributed by atoms with Crippen LogP contribution in [0.2, 0.25) is 0 Å². The summed E-state index contributed by atoms with van der Waals surface area (Å²) in [7, 11) is 0. The third kappa shape index (κ3) is 2.12. The Morgan fingerprint density at radius 2 is 2.40 bits per heavy atom. The maximum absolute atomic E-state index is 10.4. The molecular formula is C10H9NO3S. The van der Waals surface area contributed by atoms with E-state index in [0.717, 1.165) is 22.8 Å². The van der Waals surface area contributed by atoms with E-state index >= 15 is 0 Å². The SMILES string of the molecule is Cc1cccc2oc(SCC(=O)O)nc12. The average Bonchev–Trinajstić information content (AvgIpc) is 2.59. The summed E-state index contributed by atoms with van der Waals surface area (Å²) in [6.45, 7) is 1.94. The van der Waals surface area contributed by atoms with Gasteiger partial charge in [-0.15, -0.1) is 0 Å². The molecule has 0 atom stereocenters. The van der Waals surface area contributed by atoms with Crippen LogP contribution in [0.4, 0.5) is 0 Å². The highest BCUT2D eigenvalue weighted by molar-refractivity contribution is 7.99. The van der Waals surface area contributed by atoms with E-state index in [1.54, 1.807) is 0 Å². The molecule has 1 N–H and O–H groups in total. The fourth-order valence-corrected chi connectivity index (χ4v) is 1.80. The molecule has 0 bridgehead atoms. The lowest BCUT2D eigenvalue weighted by Crippen LogP contribution is -1.97. The smallest absolute Gasteiger partial charge is 0.314 e. The van der Waals surface area contributed by atoms with Crippen LogP contribution in [0.1, 0.15) is 5.56 Å². The summed E-state index contributed by atoms with van der Waals surface area (Å²) in [4.78, 5) is 14.6. The van der Waals surface area contributed by atoms with Crippen LogP contribution < -0.4 is 0 Å². The molecular weight excluding hydrogens is 214 g/mol. The van der Waals surface area contributed by atoms with Gasteiger partial charge in [-0.25, -0.2) is 4.98 Å². The third-order valence-corrected chi connectivity index (χ3v) is 2.73. The first kappa shape index (κ1) is 10.0. The van der Waals surface area contributed by atoms with Gasteiger partial charge in [0.15, 0.2) is 5.58 Å². The molecule has 0 amide bonds. The monoisotopic (exact) mass is 223 g/mol. The Kier molecular flexibility index (Phi) is 2.64. The number of benzene rings is 1. The number of carboxylic acids is 1. The number of carbonyl (C=O) groups is 1. The van der Waals surface area contributed by atoms with E-state index in [-0.39, 0.29) is 5.75 Å². The van der Waals surface area contributed by atoms with Gasteiger partial charge in [0.1, 0.15) is 11.3 Å².